The van der Waals surface area contributed by atoms with E-state index < -0.39 is 0 Å². The number of carbonyl (C=O) groups excluding carboxylic acids is 1. The van der Waals surface area contributed by atoms with Crippen LogP contribution in [0, 0.1) is 0 Å². The largest absolute Gasteiger partial charge is 0.355 e. The average molecular weight is 380 g/mol. The van der Waals surface area contributed by atoms with Crippen molar-refractivity contribution < 1.29 is 4.79 Å². The summed E-state index contributed by atoms with van der Waals surface area (Å²) in [5, 5.41) is 6.91. The van der Waals surface area contributed by atoms with Crippen molar-refractivity contribution in [3.05, 3.63) is 70.2 Å². The van der Waals surface area contributed by atoms with Crippen LogP contribution in [0.3, 0.4) is 0 Å². The Labute approximate surface area is 160 Å². The Morgan fingerprint density at radius 3 is 2.64 bits per heavy atom. The molecule has 1 amide bonds. The van der Waals surface area contributed by atoms with E-state index in [-0.39, 0.29) is 24.4 Å². The summed E-state index contributed by atoms with van der Waals surface area (Å²) in [6.45, 7) is 3.66. The first kappa shape index (κ1) is 19.7. The number of halogens is 2. The maximum atomic E-state index is 11.6. The first-order valence-corrected chi connectivity index (χ1v) is 8.57. The van der Waals surface area contributed by atoms with Crippen molar-refractivity contribution in [1.82, 2.24) is 15.5 Å². The zero-order chi connectivity index (χ0) is 16.9. The molecular formula is C19H23Cl2N3O. The predicted octanol–water partition coefficient (Wildman–Crippen LogP) is 3.27. The number of nitrogens with one attached hydrogen (secondary N) is 2. The van der Waals surface area contributed by atoms with Gasteiger partial charge in [-0.25, -0.2) is 0 Å². The van der Waals surface area contributed by atoms with Gasteiger partial charge in [-0.05, 0) is 29.3 Å². The van der Waals surface area contributed by atoms with Gasteiger partial charge in [0.05, 0.1) is 0 Å². The Morgan fingerprint density at radius 1 is 1.24 bits per heavy atom. The standard InChI is InChI=1S/C19H22ClN3O.ClH/c1-21-19(24)15-8-6-14(7-9-15)13-23-11-10-22-12-18(23)16-4-2-3-5-17(16)20;/h2-9,18,22H,10-13H2,1H3,(H,21,24);1H. The molecule has 4 nitrogen and oxygen atoms in total. The minimum atomic E-state index is -0.0577. The molecule has 1 heterocycles. The molecule has 0 bridgehead atoms. The molecule has 1 atom stereocenters. The molecule has 134 valence electrons. The Hall–Kier alpha value is -1.59. The quantitative estimate of drug-likeness (QED) is 0.856. The second-order valence-corrected chi connectivity index (χ2v) is 6.40. The van der Waals surface area contributed by atoms with E-state index in [2.05, 4.69) is 21.6 Å². The molecular weight excluding hydrogens is 357 g/mol. The van der Waals surface area contributed by atoms with Crippen LogP contribution in [0.2, 0.25) is 5.02 Å². The molecule has 1 saturated heterocycles. The topological polar surface area (TPSA) is 44.4 Å². The van der Waals surface area contributed by atoms with Gasteiger partial charge in [-0.2, -0.15) is 0 Å². The van der Waals surface area contributed by atoms with Crippen molar-refractivity contribution in [2.24, 2.45) is 0 Å². The summed E-state index contributed by atoms with van der Waals surface area (Å²) < 4.78 is 0. The van der Waals surface area contributed by atoms with E-state index in [0.29, 0.717) is 5.56 Å². The van der Waals surface area contributed by atoms with Gasteiger partial charge in [0, 0.05) is 49.9 Å². The minimum absolute atomic E-state index is 0. The van der Waals surface area contributed by atoms with Crippen LogP contribution in [0.1, 0.15) is 27.5 Å². The molecule has 1 aliphatic rings. The van der Waals surface area contributed by atoms with Crippen LogP contribution < -0.4 is 10.6 Å². The number of rotatable bonds is 4. The van der Waals surface area contributed by atoms with Gasteiger partial charge in [0.2, 0.25) is 0 Å². The third-order valence-corrected chi connectivity index (χ3v) is 4.79. The van der Waals surface area contributed by atoms with Gasteiger partial charge in [0.15, 0.2) is 0 Å². The third kappa shape index (κ3) is 4.73. The summed E-state index contributed by atoms with van der Waals surface area (Å²) >= 11 is 6.40. The van der Waals surface area contributed by atoms with Crippen molar-refractivity contribution in [3.63, 3.8) is 0 Å². The molecule has 2 aromatic carbocycles. The van der Waals surface area contributed by atoms with Gasteiger partial charge in [-0.1, -0.05) is 41.9 Å². The monoisotopic (exact) mass is 379 g/mol. The van der Waals surface area contributed by atoms with E-state index in [1.54, 1.807) is 7.05 Å². The van der Waals surface area contributed by atoms with Crippen LogP contribution in [-0.2, 0) is 6.54 Å². The molecule has 0 saturated carbocycles. The summed E-state index contributed by atoms with van der Waals surface area (Å²) in [5.74, 6) is -0.0577. The fourth-order valence-electron chi connectivity index (χ4n) is 3.13. The summed E-state index contributed by atoms with van der Waals surface area (Å²) in [6.07, 6.45) is 0. The highest BCUT2D eigenvalue weighted by atomic mass is 35.5. The second kappa shape index (κ2) is 9.20. The number of amides is 1. The minimum Gasteiger partial charge on any atom is -0.355 e. The smallest absolute Gasteiger partial charge is 0.251 e. The molecule has 6 heteroatoms. The normalized spacial score (nSPS) is 17.6. The summed E-state index contributed by atoms with van der Waals surface area (Å²) in [6, 6.07) is 16.1. The van der Waals surface area contributed by atoms with Crippen molar-refractivity contribution >= 4 is 29.9 Å². The van der Waals surface area contributed by atoms with Crippen LogP contribution in [-0.4, -0.2) is 37.5 Å². The van der Waals surface area contributed by atoms with Crippen molar-refractivity contribution in [1.29, 1.82) is 0 Å². The third-order valence-electron chi connectivity index (χ3n) is 4.45. The van der Waals surface area contributed by atoms with E-state index >= 15 is 0 Å². The van der Waals surface area contributed by atoms with Crippen molar-refractivity contribution in [3.8, 4) is 0 Å². The highest BCUT2D eigenvalue weighted by molar-refractivity contribution is 6.31. The average Bonchev–Trinajstić information content (AvgIpc) is 2.63. The fraction of sp³-hybridized carbons (Fsp3) is 0.316. The molecule has 1 fully saturated rings. The highest BCUT2D eigenvalue weighted by Gasteiger charge is 2.25. The predicted molar refractivity (Wildman–Crippen MR) is 105 cm³/mol. The number of nitrogens with zero attached hydrogens (tertiary/aromatic N) is 1. The van der Waals surface area contributed by atoms with Gasteiger partial charge in [-0.3, -0.25) is 9.69 Å². The van der Waals surface area contributed by atoms with Gasteiger partial charge >= 0.3 is 0 Å². The number of hydrogen-bond donors (Lipinski definition) is 2. The highest BCUT2D eigenvalue weighted by Crippen LogP contribution is 2.29. The lowest BCUT2D eigenvalue weighted by atomic mass is 10.0. The van der Waals surface area contributed by atoms with E-state index in [0.717, 1.165) is 36.8 Å². The fourth-order valence-corrected chi connectivity index (χ4v) is 3.39. The number of piperazine rings is 1. The van der Waals surface area contributed by atoms with E-state index in [1.165, 1.54) is 5.56 Å². The first-order valence-electron chi connectivity index (χ1n) is 8.19. The molecule has 3 rings (SSSR count). The zero-order valence-electron chi connectivity index (χ0n) is 14.2. The molecule has 2 aromatic rings. The molecule has 0 radical (unpaired) electrons. The lowest BCUT2D eigenvalue weighted by Gasteiger charge is -2.37. The van der Waals surface area contributed by atoms with Crippen LogP contribution in [0.15, 0.2) is 48.5 Å². The van der Waals surface area contributed by atoms with Crippen LogP contribution in [0.5, 0.6) is 0 Å². The van der Waals surface area contributed by atoms with Crippen molar-refractivity contribution in [2.45, 2.75) is 12.6 Å². The van der Waals surface area contributed by atoms with Crippen LogP contribution in [0.25, 0.3) is 0 Å². The number of hydrogen-bond acceptors (Lipinski definition) is 3. The Kier molecular flexibility index (Phi) is 7.26. The van der Waals surface area contributed by atoms with Crippen LogP contribution >= 0.6 is 24.0 Å². The molecule has 1 unspecified atom stereocenters. The number of carbonyl (C=O) groups is 1. The number of benzene rings is 2. The van der Waals surface area contributed by atoms with Gasteiger partial charge in [-0.15, -0.1) is 12.4 Å². The maximum Gasteiger partial charge on any atom is 0.251 e. The molecule has 0 aromatic heterocycles. The summed E-state index contributed by atoms with van der Waals surface area (Å²) in [4.78, 5) is 14.1. The molecule has 25 heavy (non-hydrogen) atoms. The van der Waals surface area contributed by atoms with Gasteiger partial charge in [0.25, 0.3) is 5.91 Å². The van der Waals surface area contributed by atoms with Crippen LogP contribution in [0.4, 0.5) is 0 Å². The van der Waals surface area contributed by atoms with E-state index in [1.807, 2.05) is 42.5 Å². The SMILES string of the molecule is CNC(=O)c1ccc(CN2CCNCC2c2ccccc2Cl)cc1.Cl. The summed E-state index contributed by atoms with van der Waals surface area (Å²) in [7, 11) is 1.64. The summed E-state index contributed by atoms with van der Waals surface area (Å²) in [5.41, 5.74) is 3.04. The van der Waals surface area contributed by atoms with E-state index in [9.17, 15) is 4.79 Å². The van der Waals surface area contributed by atoms with Gasteiger partial charge < -0.3 is 10.6 Å². The Bertz CT molecular complexity index is 706. The van der Waals surface area contributed by atoms with E-state index in [4.69, 9.17) is 11.6 Å². The molecule has 2 N–H and O–H groups in total. The Morgan fingerprint density at radius 2 is 1.96 bits per heavy atom. The second-order valence-electron chi connectivity index (χ2n) is 5.99. The first-order chi connectivity index (χ1) is 11.7. The molecule has 0 aliphatic carbocycles. The van der Waals surface area contributed by atoms with Gasteiger partial charge in [0.1, 0.15) is 0 Å². The molecule has 1 aliphatic heterocycles. The lowest BCUT2D eigenvalue weighted by molar-refractivity contribution is 0.0963. The van der Waals surface area contributed by atoms with Crippen molar-refractivity contribution in [2.75, 3.05) is 26.7 Å². The Balaban J connectivity index is 0.00000225. The lowest BCUT2D eigenvalue weighted by Crippen LogP contribution is -2.45. The molecule has 0 spiro atoms. The maximum absolute atomic E-state index is 11.6. The zero-order valence-corrected chi connectivity index (χ0v) is 15.7.